The first-order valence-electron chi connectivity index (χ1n) is 5.15. The van der Waals surface area contributed by atoms with Gasteiger partial charge in [-0.25, -0.2) is 0 Å². The number of rotatable bonds is 2. The largest absolute Gasteiger partial charge is 0.397 e. The minimum Gasteiger partial charge on any atom is -0.397 e. The maximum atomic E-state index is 9.26. The molecule has 1 saturated heterocycles. The second-order valence-corrected chi connectivity index (χ2v) is 5.12. The van der Waals surface area contributed by atoms with Crippen molar-refractivity contribution < 1.29 is 5.11 Å². The summed E-state index contributed by atoms with van der Waals surface area (Å²) in [6, 6.07) is 6.32. The van der Waals surface area contributed by atoms with E-state index in [2.05, 4.69) is 33.6 Å². The highest BCUT2D eigenvalue weighted by Gasteiger charge is 2.25. The van der Waals surface area contributed by atoms with Gasteiger partial charge < -0.3 is 15.7 Å². The van der Waals surface area contributed by atoms with Gasteiger partial charge in [-0.1, -0.05) is 0 Å². The van der Waals surface area contributed by atoms with Crippen molar-refractivity contribution in [2.75, 3.05) is 23.8 Å². The van der Waals surface area contributed by atoms with Gasteiger partial charge >= 0.3 is 0 Å². The van der Waals surface area contributed by atoms with E-state index in [1.165, 1.54) is 0 Å². The molecule has 3 nitrogen and oxygen atoms in total. The van der Waals surface area contributed by atoms with Gasteiger partial charge in [-0.05, 0) is 53.6 Å². The quantitative estimate of drug-likeness (QED) is 0.646. The summed E-state index contributed by atoms with van der Waals surface area (Å²) >= 11 is 2.25. The fraction of sp³-hybridized carbons (Fsp3) is 0.455. The average molecular weight is 318 g/mol. The van der Waals surface area contributed by atoms with Gasteiger partial charge in [-0.2, -0.15) is 0 Å². The van der Waals surface area contributed by atoms with Crippen molar-refractivity contribution in [1.82, 2.24) is 0 Å². The summed E-state index contributed by atoms with van der Waals surface area (Å²) in [6.45, 7) is 1.21. The number of nitrogens with zero attached hydrogens (tertiary/aromatic N) is 1. The molecular weight excluding hydrogens is 303 g/mol. The molecule has 2 rings (SSSR count). The molecule has 1 fully saturated rings. The molecule has 0 amide bonds. The lowest BCUT2D eigenvalue weighted by atomic mass is 10.2. The van der Waals surface area contributed by atoms with Crippen LogP contribution in [0.15, 0.2) is 18.2 Å². The van der Waals surface area contributed by atoms with E-state index >= 15 is 0 Å². The lowest BCUT2D eigenvalue weighted by molar-refractivity contribution is 0.266. The predicted octanol–water partition coefficient (Wildman–Crippen LogP) is 1.83. The zero-order valence-corrected chi connectivity index (χ0v) is 10.6. The van der Waals surface area contributed by atoms with Crippen LogP contribution in [0.1, 0.15) is 12.8 Å². The van der Waals surface area contributed by atoms with E-state index in [0.29, 0.717) is 0 Å². The highest BCUT2D eigenvalue weighted by atomic mass is 127. The van der Waals surface area contributed by atoms with E-state index in [0.717, 1.165) is 34.3 Å². The molecule has 82 valence electrons. The second kappa shape index (κ2) is 4.57. The molecule has 0 bridgehead atoms. The smallest absolute Gasteiger partial charge is 0.0635 e. The highest BCUT2D eigenvalue weighted by molar-refractivity contribution is 14.1. The number of benzene rings is 1. The van der Waals surface area contributed by atoms with Crippen molar-refractivity contribution in [2.45, 2.75) is 18.9 Å². The third kappa shape index (κ3) is 2.20. The number of hydrogen-bond acceptors (Lipinski definition) is 3. The molecule has 0 aliphatic carbocycles. The van der Waals surface area contributed by atoms with E-state index < -0.39 is 0 Å². The Bertz CT molecular complexity index is 356. The van der Waals surface area contributed by atoms with Gasteiger partial charge in [0.15, 0.2) is 0 Å². The maximum Gasteiger partial charge on any atom is 0.0635 e. The molecule has 1 aliphatic rings. The molecule has 4 heteroatoms. The van der Waals surface area contributed by atoms with Crippen molar-refractivity contribution in [3.8, 4) is 0 Å². The first kappa shape index (κ1) is 11.0. The van der Waals surface area contributed by atoms with E-state index in [9.17, 15) is 5.11 Å². The molecule has 1 atom stereocenters. The number of nitrogen functional groups attached to an aromatic ring is 1. The zero-order chi connectivity index (χ0) is 10.8. The Morgan fingerprint density at radius 1 is 1.53 bits per heavy atom. The molecule has 1 aliphatic heterocycles. The molecule has 0 spiro atoms. The average Bonchev–Trinajstić information content (AvgIpc) is 2.65. The normalized spacial score (nSPS) is 20.9. The molecule has 0 saturated carbocycles. The lowest BCUT2D eigenvalue weighted by Gasteiger charge is -2.26. The molecule has 0 radical (unpaired) electrons. The van der Waals surface area contributed by atoms with Crippen LogP contribution in [0, 0.1) is 3.57 Å². The molecule has 1 heterocycles. The zero-order valence-electron chi connectivity index (χ0n) is 8.49. The molecule has 15 heavy (non-hydrogen) atoms. The van der Waals surface area contributed by atoms with Crippen LogP contribution in [-0.4, -0.2) is 24.3 Å². The van der Waals surface area contributed by atoms with Crippen LogP contribution >= 0.6 is 22.6 Å². The van der Waals surface area contributed by atoms with Gasteiger partial charge in [0.05, 0.1) is 24.0 Å². The van der Waals surface area contributed by atoms with Gasteiger partial charge in [0, 0.05) is 10.1 Å². The lowest BCUT2D eigenvalue weighted by Crippen LogP contribution is -2.32. The number of hydrogen-bond donors (Lipinski definition) is 2. The Balaban J connectivity index is 2.28. The van der Waals surface area contributed by atoms with Crippen LogP contribution < -0.4 is 10.6 Å². The van der Waals surface area contributed by atoms with Crippen molar-refractivity contribution in [2.24, 2.45) is 0 Å². The van der Waals surface area contributed by atoms with E-state index in [1.54, 1.807) is 0 Å². The van der Waals surface area contributed by atoms with E-state index in [-0.39, 0.29) is 12.6 Å². The summed E-state index contributed by atoms with van der Waals surface area (Å²) < 4.78 is 1.15. The van der Waals surface area contributed by atoms with Gasteiger partial charge in [0.25, 0.3) is 0 Å². The Hall–Kier alpha value is -0.490. The summed E-state index contributed by atoms with van der Waals surface area (Å²) in [5, 5.41) is 9.26. The van der Waals surface area contributed by atoms with Crippen molar-refractivity contribution in [1.29, 1.82) is 0 Å². The first-order chi connectivity index (χ1) is 7.22. The van der Waals surface area contributed by atoms with Crippen LogP contribution in [0.25, 0.3) is 0 Å². The Morgan fingerprint density at radius 3 is 3.00 bits per heavy atom. The van der Waals surface area contributed by atoms with Crippen molar-refractivity contribution in [3.63, 3.8) is 0 Å². The Morgan fingerprint density at radius 2 is 2.33 bits per heavy atom. The fourth-order valence-electron chi connectivity index (χ4n) is 2.13. The first-order valence-corrected chi connectivity index (χ1v) is 6.23. The summed E-state index contributed by atoms with van der Waals surface area (Å²) in [7, 11) is 0. The Labute approximate surface area is 103 Å². The van der Waals surface area contributed by atoms with Gasteiger partial charge in [-0.3, -0.25) is 0 Å². The minimum absolute atomic E-state index is 0.214. The number of nitrogens with two attached hydrogens (primary N) is 1. The van der Waals surface area contributed by atoms with Crippen molar-refractivity contribution in [3.05, 3.63) is 21.8 Å². The van der Waals surface area contributed by atoms with E-state index in [1.807, 2.05) is 12.1 Å². The molecule has 0 aromatic heterocycles. The molecule has 1 unspecified atom stereocenters. The van der Waals surface area contributed by atoms with Gasteiger partial charge in [0.1, 0.15) is 0 Å². The number of halogens is 1. The topological polar surface area (TPSA) is 49.5 Å². The SMILES string of the molecule is Nc1cc(I)ccc1N1CCCC1CO. The molecule has 3 N–H and O–H groups in total. The highest BCUT2D eigenvalue weighted by Crippen LogP contribution is 2.31. The number of anilines is 2. The third-order valence-corrected chi connectivity index (χ3v) is 3.56. The summed E-state index contributed by atoms with van der Waals surface area (Å²) in [6.07, 6.45) is 2.19. The monoisotopic (exact) mass is 318 g/mol. The minimum atomic E-state index is 0.214. The molecule has 1 aromatic rings. The molecular formula is C11H15IN2O. The van der Waals surface area contributed by atoms with Crippen LogP contribution in [0.2, 0.25) is 0 Å². The number of aliphatic hydroxyl groups excluding tert-OH is 1. The molecule has 1 aromatic carbocycles. The predicted molar refractivity (Wildman–Crippen MR) is 71.0 cm³/mol. The fourth-order valence-corrected chi connectivity index (χ4v) is 2.64. The number of aliphatic hydroxyl groups is 1. The summed E-state index contributed by atoms with van der Waals surface area (Å²) in [5.74, 6) is 0. The Kier molecular flexibility index (Phi) is 3.35. The van der Waals surface area contributed by atoms with Gasteiger partial charge in [0.2, 0.25) is 0 Å². The summed E-state index contributed by atoms with van der Waals surface area (Å²) in [4.78, 5) is 2.21. The third-order valence-electron chi connectivity index (χ3n) is 2.89. The second-order valence-electron chi connectivity index (χ2n) is 3.88. The standard InChI is InChI=1S/C11H15IN2O/c12-8-3-4-11(10(13)6-8)14-5-1-2-9(14)7-15/h3-4,6,9,15H,1-2,5,7,13H2. The summed E-state index contributed by atoms with van der Waals surface area (Å²) in [5.41, 5.74) is 7.86. The van der Waals surface area contributed by atoms with Crippen LogP contribution in [0.3, 0.4) is 0 Å². The van der Waals surface area contributed by atoms with Crippen LogP contribution in [-0.2, 0) is 0 Å². The van der Waals surface area contributed by atoms with Crippen LogP contribution in [0.4, 0.5) is 11.4 Å². The maximum absolute atomic E-state index is 9.26. The van der Waals surface area contributed by atoms with E-state index in [4.69, 9.17) is 5.73 Å². The van der Waals surface area contributed by atoms with Gasteiger partial charge in [-0.15, -0.1) is 0 Å². The van der Waals surface area contributed by atoms with Crippen LogP contribution in [0.5, 0.6) is 0 Å². The van der Waals surface area contributed by atoms with Crippen molar-refractivity contribution >= 4 is 34.0 Å².